The fourth-order valence-corrected chi connectivity index (χ4v) is 2.65. The third-order valence-corrected chi connectivity index (χ3v) is 3.69. The van der Waals surface area contributed by atoms with E-state index in [1.165, 1.54) is 26.2 Å². The van der Waals surface area contributed by atoms with Gasteiger partial charge in [0.05, 0.1) is 11.7 Å². The number of ether oxygens (including phenoxy) is 1. The first-order valence-corrected chi connectivity index (χ1v) is 7.03. The van der Waals surface area contributed by atoms with Crippen molar-refractivity contribution in [2.45, 2.75) is 13.5 Å². The van der Waals surface area contributed by atoms with Gasteiger partial charge in [-0.3, -0.25) is 4.79 Å². The Bertz CT molecular complexity index is 951. The first kappa shape index (κ1) is 16.3. The standard InChI is InChI=1S/C14H10ClF3N4O2/c1-6(23)22-10-4-8(9(16)3-7(10)5-19-22)12-11(15)13(21(2)20-12)24-14(17)18/h3-5,14H,1-2H3. The van der Waals surface area contributed by atoms with E-state index in [9.17, 15) is 18.0 Å². The van der Waals surface area contributed by atoms with Gasteiger partial charge >= 0.3 is 6.61 Å². The minimum Gasteiger partial charge on any atom is -0.416 e. The van der Waals surface area contributed by atoms with Crippen molar-refractivity contribution in [3.63, 3.8) is 0 Å². The van der Waals surface area contributed by atoms with Crippen LogP contribution >= 0.6 is 11.6 Å². The molecule has 1 aromatic carbocycles. The summed E-state index contributed by atoms with van der Waals surface area (Å²) in [6.07, 6.45) is 1.34. The lowest BCUT2D eigenvalue weighted by Gasteiger charge is -2.04. The molecule has 0 fully saturated rings. The summed E-state index contributed by atoms with van der Waals surface area (Å²) in [5.74, 6) is -1.44. The highest BCUT2D eigenvalue weighted by Gasteiger charge is 2.23. The monoisotopic (exact) mass is 358 g/mol. The highest BCUT2D eigenvalue weighted by atomic mass is 35.5. The third-order valence-electron chi connectivity index (χ3n) is 3.35. The lowest BCUT2D eigenvalue weighted by Crippen LogP contribution is -2.06. The molecule has 3 rings (SSSR count). The van der Waals surface area contributed by atoms with Crippen LogP contribution in [0.3, 0.4) is 0 Å². The third kappa shape index (κ3) is 2.60. The SMILES string of the molecule is CC(=O)n1ncc2cc(F)c(-c3nn(C)c(OC(F)F)c3Cl)cc21. The number of carbonyl (C=O) groups is 1. The maximum absolute atomic E-state index is 14.4. The molecular formula is C14H10ClF3N4O2. The van der Waals surface area contributed by atoms with E-state index in [1.807, 2.05) is 0 Å². The molecule has 6 nitrogen and oxygen atoms in total. The van der Waals surface area contributed by atoms with Gasteiger partial charge in [-0.25, -0.2) is 13.8 Å². The van der Waals surface area contributed by atoms with Crippen LogP contribution in [0.2, 0.25) is 5.02 Å². The molecule has 0 aliphatic heterocycles. The number of benzene rings is 1. The van der Waals surface area contributed by atoms with E-state index in [1.54, 1.807) is 0 Å². The molecule has 126 valence electrons. The molecule has 0 spiro atoms. The number of hydrogen-bond acceptors (Lipinski definition) is 4. The number of alkyl halides is 2. The van der Waals surface area contributed by atoms with Crippen LogP contribution in [0.5, 0.6) is 5.88 Å². The Morgan fingerprint density at radius 2 is 2.08 bits per heavy atom. The Morgan fingerprint density at radius 1 is 1.38 bits per heavy atom. The second-order valence-corrected chi connectivity index (χ2v) is 5.31. The highest BCUT2D eigenvalue weighted by Crippen LogP contribution is 2.37. The molecule has 24 heavy (non-hydrogen) atoms. The van der Waals surface area contributed by atoms with E-state index in [-0.39, 0.29) is 28.1 Å². The van der Waals surface area contributed by atoms with Crippen LogP contribution in [0.25, 0.3) is 22.2 Å². The number of rotatable bonds is 3. The first-order valence-electron chi connectivity index (χ1n) is 6.65. The van der Waals surface area contributed by atoms with E-state index in [0.29, 0.717) is 10.9 Å². The molecule has 0 aliphatic rings. The summed E-state index contributed by atoms with van der Waals surface area (Å²) in [6, 6.07) is 2.50. The Kier molecular flexibility index (Phi) is 3.96. The van der Waals surface area contributed by atoms with Crippen LogP contribution < -0.4 is 4.74 Å². The molecule has 0 amide bonds. The number of nitrogens with zero attached hydrogens (tertiary/aromatic N) is 4. The lowest BCUT2D eigenvalue weighted by atomic mass is 10.1. The molecule has 0 bridgehead atoms. The Labute approximate surface area is 138 Å². The predicted octanol–water partition coefficient (Wildman–Crippen LogP) is 3.49. The fraction of sp³-hybridized carbons (Fsp3) is 0.214. The van der Waals surface area contributed by atoms with Gasteiger partial charge in [0.15, 0.2) is 0 Å². The zero-order valence-corrected chi connectivity index (χ0v) is 13.2. The summed E-state index contributed by atoms with van der Waals surface area (Å²) >= 11 is 6.01. The summed E-state index contributed by atoms with van der Waals surface area (Å²) < 4.78 is 45.6. The number of hydrogen-bond donors (Lipinski definition) is 0. The van der Waals surface area contributed by atoms with Crippen LogP contribution in [0, 0.1) is 5.82 Å². The molecule has 0 saturated carbocycles. The van der Waals surface area contributed by atoms with E-state index in [0.717, 1.165) is 15.4 Å². The van der Waals surface area contributed by atoms with Crippen molar-refractivity contribution in [1.29, 1.82) is 0 Å². The summed E-state index contributed by atoms with van der Waals surface area (Å²) in [5, 5.41) is 7.95. The molecule has 0 saturated heterocycles. The van der Waals surface area contributed by atoms with Gasteiger partial charge in [-0.2, -0.15) is 19.0 Å². The largest absolute Gasteiger partial charge is 0.416 e. The number of halogens is 4. The molecule has 2 heterocycles. The molecule has 0 radical (unpaired) electrons. The zero-order chi connectivity index (χ0) is 17.6. The summed E-state index contributed by atoms with van der Waals surface area (Å²) in [5.41, 5.74) is 0.206. The van der Waals surface area contributed by atoms with Crippen molar-refractivity contribution >= 4 is 28.4 Å². The van der Waals surface area contributed by atoms with Crippen molar-refractivity contribution in [1.82, 2.24) is 19.6 Å². The molecule has 3 aromatic rings. The summed E-state index contributed by atoms with van der Waals surface area (Å²) in [7, 11) is 1.34. The molecule has 10 heteroatoms. The van der Waals surface area contributed by atoms with Crippen molar-refractivity contribution in [2.24, 2.45) is 7.05 Å². The predicted molar refractivity (Wildman–Crippen MR) is 79.8 cm³/mol. The average molecular weight is 359 g/mol. The smallest absolute Gasteiger partial charge is 0.388 e. The lowest BCUT2D eigenvalue weighted by molar-refractivity contribution is -0.0552. The fourth-order valence-electron chi connectivity index (χ4n) is 2.35. The van der Waals surface area contributed by atoms with Gasteiger partial charge < -0.3 is 4.74 Å². The van der Waals surface area contributed by atoms with E-state index >= 15 is 0 Å². The van der Waals surface area contributed by atoms with Crippen LogP contribution in [-0.2, 0) is 7.05 Å². The minimum atomic E-state index is -3.10. The molecule has 0 unspecified atom stereocenters. The van der Waals surface area contributed by atoms with Gasteiger partial charge in [0.25, 0.3) is 0 Å². The van der Waals surface area contributed by atoms with Gasteiger partial charge in [0.1, 0.15) is 16.5 Å². The van der Waals surface area contributed by atoms with Crippen LogP contribution in [0.4, 0.5) is 13.2 Å². The van der Waals surface area contributed by atoms with Crippen LogP contribution in [0.15, 0.2) is 18.3 Å². The molecule has 0 N–H and O–H groups in total. The number of fused-ring (bicyclic) bond motifs is 1. The van der Waals surface area contributed by atoms with Gasteiger partial charge in [0.2, 0.25) is 11.8 Å². The summed E-state index contributed by atoms with van der Waals surface area (Å²) in [6.45, 7) is -1.80. The van der Waals surface area contributed by atoms with Gasteiger partial charge in [-0.15, -0.1) is 0 Å². The Hall–Kier alpha value is -2.55. The Morgan fingerprint density at radius 3 is 2.71 bits per heavy atom. The van der Waals surface area contributed by atoms with Gasteiger partial charge in [-0.05, 0) is 12.1 Å². The second-order valence-electron chi connectivity index (χ2n) is 4.94. The van der Waals surface area contributed by atoms with Gasteiger partial charge in [0, 0.05) is 24.9 Å². The average Bonchev–Trinajstić information content (AvgIpc) is 3.01. The van der Waals surface area contributed by atoms with Crippen molar-refractivity contribution in [3.8, 4) is 17.1 Å². The Balaban J connectivity index is 2.21. The number of aromatic nitrogens is 4. The summed E-state index contributed by atoms with van der Waals surface area (Å²) in [4.78, 5) is 11.6. The molecular weight excluding hydrogens is 349 g/mol. The van der Waals surface area contributed by atoms with Crippen LogP contribution in [0.1, 0.15) is 11.7 Å². The van der Waals surface area contributed by atoms with E-state index in [2.05, 4.69) is 14.9 Å². The van der Waals surface area contributed by atoms with Crippen molar-refractivity contribution < 1.29 is 22.7 Å². The zero-order valence-electron chi connectivity index (χ0n) is 12.4. The van der Waals surface area contributed by atoms with Crippen molar-refractivity contribution in [2.75, 3.05) is 0 Å². The maximum Gasteiger partial charge on any atom is 0.388 e. The molecule has 0 aliphatic carbocycles. The molecule has 0 atom stereocenters. The maximum atomic E-state index is 14.4. The van der Waals surface area contributed by atoms with E-state index < -0.39 is 12.4 Å². The van der Waals surface area contributed by atoms with Crippen molar-refractivity contribution in [3.05, 3.63) is 29.2 Å². The quantitative estimate of drug-likeness (QED) is 0.719. The van der Waals surface area contributed by atoms with Crippen LogP contribution in [-0.4, -0.2) is 32.1 Å². The van der Waals surface area contributed by atoms with Gasteiger partial charge in [-0.1, -0.05) is 11.6 Å². The normalized spacial score (nSPS) is 11.5. The molecule has 2 aromatic heterocycles. The highest BCUT2D eigenvalue weighted by molar-refractivity contribution is 6.34. The number of carbonyl (C=O) groups excluding carboxylic acids is 1. The first-order chi connectivity index (χ1) is 11.3. The number of aryl methyl sites for hydroxylation is 1. The minimum absolute atomic E-state index is 0.0600. The second kappa shape index (κ2) is 5.82. The van der Waals surface area contributed by atoms with E-state index in [4.69, 9.17) is 11.6 Å². The topological polar surface area (TPSA) is 61.9 Å².